The quantitative estimate of drug-likeness (QED) is 0.807. The molecule has 0 unspecified atom stereocenters. The van der Waals surface area contributed by atoms with Crippen molar-refractivity contribution >= 4 is 17.6 Å². The van der Waals surface area contributed by atoms with E-state index in [0.717, 1.165) is 24.8 Å². The number of nitrogens with zero attached hydrogens (tertiary/aromatic N) is 2. The molecule has 1 fully saturated rings. The predicted molar refractivity (Wildman–Crippen MR) is 101 cm³/mol. The van der Waals surface area contributed by atoms with Crippen LogP contribution in [0, 0.1) is 6.92 Å². The van der Waals surface area contributed by atoms with Crippen LogP contribution < -0.4 is 14.4 Å². The average molecular weight is 366 g/mol. The molecule has 0 radical (unpaired) electrons. The normalized spacial score (nSPS) is 15.5. The Balaban J connectivity index is 1.69. The Labute approximate surface area is 158 Å². The maximum absolute atomic E-state index is 13.3. The molecular formula is C21H22N2O4. The van der Waals surface area contributed by atoms with Gasteiger partial charge in [-0.1, -0.05) is 17.7 Å². The number of ether oxygens (including phenoxy) is 2. The zero-order chi connectivity index (χ0) is 18.8. The summed E-state index contributed by atoms with van der Waals surface area (Å²) in [6.07, 6.45) is 3.04. The fourth-order valence-corrected chi connectivity index (χ4v) is 3.39. The van der Waals surface area contributed by atoms with Crippen LogP contribution in [0.25, 0.3) is 0 Å². The van der Waals surface area contributed by atoms with Gasteiger partial charge in [0.25, 0.3) is 5.91 Å². The minimum Gasteiger partial charge on any atom is -0.454 e. The summed E-state index contributed by atoms with van der Waals surface area (Å²) < 4.78 is 10.7. The number of urea groups is 1. The van der Waals surface area contributed by atoms with Crippen LogP contribution in [-0.2, 0) is 0 Å². The van der Waals surface area contributed by atoms with Crippen molar-refractivity contribution in [1.29, 1.82) is 0 Å². The lowest BCUT2D eigenvalue weighted by Crippen LogP contribution is -2.48. The van der Waals surface area contributed by atoms with Gasteiger partial charge in [0, 0.05) is 18.7 Å². The number of aryl methyl sites for hydroxylation is 1. The molecule has 0 spiro atoms. The molecule has 0 atom stereocenters. The lowest BCUT2D eigenvalue weighted by Gasteiger charge is -2.32. The Morgan fingerprint density at radius 3 is 2.37 bits per heavy atom. The summed E-state index contributed by atoms with van der Waals surface area (Å²) >= 11 is 0. The molecule has 2 aromatic rings. The van der Waals surface area contributed by atoms with Gasteiger partial charge in [-0.25, -0.2) is 9.69 Å². The van der Waals surface area contributed by atoms with E-state index < -0.39 is 0 Å². The average Bonchev–Trinajstić information content (AvgIpc) is 3.18. The number of amides is 3. The molecule has 27 heavy (non-hydrogen) atoms. The molecular weight excluding hydrogens is 344 g/mol. The van der Waals surface area contributed by atoms with E-state index in [9.17, 15) is 9.59 Å². The predicted octanol–water partition coefficient (Wildman–Crippen LogP) is 3.98. The summed E-state index contributed by atoms with van der Waals surface area (Å²) in [4.78, 5) is 29.5. The van der Waals surface area contributed by atoms with Crippen molar-refractivity contribution in [2.75, 3.05) is 24.8 Å². The molecule has 4 rings (SSSR count). The number of piperidine rings is 1. The molecule has 6 nitrogen and oxygen atoms in total. The van der Waals surface area contributed by atoms with Crippen molar-refractivity contribution in [3.8, 4) is 11.5 Å². The molecule has 2 aliphatic rings. The Morgan fingerprint density at radius 2 is 1.63 bits per heavy atom. The Kier molecular flexibility index (Phi) is 4.71. The van der Waals surface area contributed by atoms with Crippen molar-refractivity contribution in [1.82, 2.24) is 4.90 Å². The van der Waals surface area contributed by atoms with Gasteiger partial charge in [0.1, 0.15) is 0 Å². The van der Waals surface area contributed by atoms with Gasteiger partial charge >= 0.3 is 6.03 Å². The highest BCUT2D eigenvalue weighted by atomic mass is 16.7. The first-order chi connectivity index (χ1) is 13.1. The summed E-state index contributed by atoms with van der Waals surface area (Å²) in [7, 11) is 0. The molecule has 0 aromatic heterocycles. The number of benzene rings is 2. The molecule has 0 N–H and O–H groups in total. The van der Waals surface area contributed by atoms with Crippen LogP contribution in [0.4, 0.5) is 10.5 Å². The number of hydrogen-bond acceptors (Lipinski definition) is 4. The van der Waals surface area contributed by atoms with Crippen molar-refractivity contribution in [3.63, 3.8) is 0 Å². The molecule has 2 heterocycles. The summed E-state index contributed by atoms with van der Waals surface area (Å²) in [6, 6.07) is 12.1. The van der Waals surface area contributed by atoms with E-state index in [2.05, 4.69) is 0 Å². The minimum atomic E-state index is -0.368. The smallest absolute Gasteiger partial charge is 0.331 e. The largest absolute Gasteiger partial charge is 0.454 e. The van der Waals surface area contributed by atoms with Crippen LogP contribution >= 0.6 is 0 Å². The van der Waals surface area contributed by atoms with E-state index in [0.29, 0.717) is 35.8 Å². The first-order valence-corrected chi connectivity index (χ1v) is 9.23. The molecule has 3 amide bonds. The Bertz CT molecular complexity index is 857. The highest BCUT2D eigenvalue weighted by molar-refractivity contribution is 6.20. The van der Waals surface area contributed by atoms with Gasteiger partial charge in [0.2, 0.25) is 6.79 Å². The zero-order valence-electron chi connectivity index (χ0n) is 15.3. The van der Waals surface area contributed by atoms with Crippen LogP contribution in [0.3, 0.4) is 0 Å². The van der Waals surface area contributed by atoms with Gasteiger partial charge < -0.3 is 14.4 Å². The van der Waals surface area contributed by atoms with E-state index in [1.54, 1.807) is 23.1 Å². The maximum atomic E-state index is 13.3. The topological polar surface area (TPSA) is 59.1 Å². The number of rotatable bonds is 2. The van der Waals surface area contributed by atoms with E-state index in [4.69, 9.17) is 9.47 Å². The second kappa shape index (κ2) is 7.31. The van der Waals surface area contributed by atoms with Crippen molar-refractivity contribution < 1.29 is 19.1 Å². The van der Waals surface area contributed by atoms with Gasteiger partial charge in [0.05, 0.1) is 5.69 Å². The number of carbonyl (C=O) groups excluding carboxylic acids is 2. The Hall–Kier alpha value is -3.02. The molecule has 0 aliphatic carbocycles. The third-order valence-electron chi connectivity index (χ3n) is 4.93. The standard InChI is InChI=1S/C21H22N2O4/c1-15-5-8-17(9-6-15)23(21(25)22-11-3-2-4-12-22)20(24)16-7-10-18-19(13-16)27-14-26-18/h5-10,13H,2-4,11-12,14H2,1H3. The maximum Gasteiger partial charge on any atom is 0.331 e. The number of carbonyl (C=O) groups is 2. The Morgan fingerprint density at radius 1 is 0.926 bits per heavy atom. The highest BCUT2D eigenvalue weighted by Crippen LogP contribution is 2.33. The van der Waals surface area contributed by atoms with Gasteiger partial charge in [-0.3, -0.25) is 4.79 Å². The second-order valence-electron chi connectivity index (χ2n) is 6.87. The van der Waals surface area contributed by atoms with Crippen LogP contribution in [0.1, 0.15) is 35.2 Å². The number of hydrogen-bond donors (Lipinski definition) is 0. The minimum absolute atomic E-state index is 0.140. The molecule has 140 valence electrons. The monoisotopic (exact) mass is 366 g/mol. The molecule has 0 saturated carbocycles. The van der Waals surface area contributed by atoms with Crippen LogP contribution in [-0.4, -0.2) is 36.7 Å². The first kappa shape index (κ1) is 17.4. The SMILES string of the molecule is Cc1ccc(N(C(=O)c2ccc3c(c2)OCO3)C(=O)N2CCCCC2)cc1. The van der Waals surface area contributed by atoms with Gasteiger partial charge in [-0.15, -0.1) is 0 Å². The number of anilines is 1. The third kappa shape index (κ3) is 3.47. The molecule has 6 heteroatoms. The van der Waals surface area contributed by atoms with Crippen molar-refractivity contribution in [3.05, 3.63) is 53.6 Å². The summed E-state index contributed by atoms with van der Waals surface area (Å²) in [6.45, 7) is 3.47. The summed E-state index contributed by atoms with van der Waals surface area (Å²) in [5.41, 5.74) is 2.03. The van der Waals surface area contributed by atoms with Crippen molar-refractivity contribution in [2.24, 2.45) is 0 Å². The van der Waals surface area contributed by atoms with Crippen LogP contribution in [0.2, 0.25) is 0 Å². The summed E-state index contributed by atoms with van der Waals surface area (Å²) in [5.74, 6) is 0.763. The number of imide groups is 1. The molecule has 2 aromatic carbocycles. The fraction of sp³-hybridized carbons (Fsp3) is 0.333. The zero-order valence-corrected chi connectivity index (χ0v) is 15.3. The lowest BCUT2D eigenvalue weighted by atomic mass is 10.1. The second-order valence-corrected chi connectivity index (χ2v) is 6.87. The van der Waals surface area contributed by atoms with Gasteiger partial charge in [-0.2, -0.15) is 0 Å². The molecule has 1 saturated heterocycles. The van der Waals surface area contributed by atoms with E-state index in [1.165, 1.54) is 4.90 Å². The van der Waals surface area contributed by atoms with Gasteiger partial charge in [0.15, 0.2) is 11.5 Å². The molecule has 2 aliphatic heterocycles. The van der Waals surface area contributed by atoms with E-state index in [-0.39, 0.29) is 18.7 Å². The van der Waals surface area contributed by atoms with Crippen LogP contribution in [0.5, 0.6) is 11.5 Å². The number of fused-ring (bicyclic) bond motifs is 1. The first-order valence-electron chi connectivity index (χ1n) is 9.23. The van der Waals surface area contributed by atoms with Crippen molar-refractivity contribution in [2.45, 2.75) is 26.2 Å². The van der Waals surface area contributed by atoms with Gasteiger partial charge in [-0.05, 0) is 56.5 Å². The summed E-state index contributed by atoms with van der Waals surface area (Å²) in [5, 5.41) is 0. The van der Waals surface area contributed by atoms with E-state index >= 15 is 0 Å². The molecule has 0 bridgehead atoms. The van der Waals surface area contributed by atoms with Crippen LogP contribution in [0.15, 0.2) is 42.5 Å². The third-order valence-corrected chi connectivity index (χ3v) is 4.93. The number of likely N-dealkylation sites (tertiary alicyclic amines) is 1. The van der Waals surface area contributed by atoms with E-state index in [1.807, 2.05) is 31.2 Å². The fourth-order valence-electron chi connectivity index (χ4n) is 3.39. The lowest BCUT2D eigenvalue weighted by molar-refractivity contribution is 0.0983. The highest BCUT2D eigenvalue weighted by Gasteiger charge is 2.30.